The topological polar surface area (TPSA) is 101 Å². The lowest BCUT2D eigenvalue weighted by molar-refractivity contribution is 0.174. The van der Waals surface area contributed by atoms with Crippen LogP contribution in [0.1, 0.15) is 31.7 Å². The first-order valence-electron chi connectivity index (χ1n) is 9.44. The zero-order valence-electron chi connectivity index (χ0n) is 15.7. The Hall–Kier alpha value is -2.00. The first-order chi connectivity index (χ1) is 13.1. The number of nitrogens with one attached hydrogen (secondary N) is 3. The highest BCUT2D eigenvalue weighted by Crippen LogP contribution is 2.32. The van der Waals surface area contributed by atoms with Gasteiger partial charge in [-0.15, -0.1) is 0 Å². The van der Waals surface area contributed by atoms with Crippen molar-refractivity contribution >= 4 is 16.0 Å². The van der Waals surface area contributed by atoms with E-state index >= 15 is 0 Å². The van der Waals surface area contributed by atoms with Crippen LogP contribution in [0.2, 0.25) is 0 Å². The number of rotatable bonds is 9. The van der Waals surface area contributed by atoms with Gasteiger partial charge in [0.1, 0.15) is 0 Å². The van der Waals surface area contributed by atoms with E-state index in [0.29, 0.717) is 38.1 Å². The molecule has 3 N–H and O–H groups in total. The van der Waals surface area contributed by atoms with E-state index in [2.05, 4.69) is 20.3 Å². The molecule has 1 aromatic rings. The Kier molecular flexibility index (Phi) is 6.78. The van der Waals surface area contributed by atoms with Gasteiger partial charge in [0, 0.05) is 19.6 Å². The Bertz CT molecular complexity index is 763. The quantitative estimate of drug-likeness (QED) is 0.428. The van der Waals surface area contributed by atoms with Crippen LogP contribution in [0.4, 0.5) is 0 Å². The van der Waals surface area contributed by atoms with Crippen molar-refractivity contribution in [1.29, 1.82) is 0 Å². The molecule has 0 amide bonds. The van der Waals surface area contributed by atoms with E-state index in [4.69, 9.17) is 9.47 Å². The van der Waals surface area contributed by atoms with Crippen molar-refractivity contribution in [2.24, 2.45) is 10.9 Å². The number of ether oxygens (including phenoxy) is 2. The Morgan fingerprint density at radius 3 is 2.78 bits per heavy atom. The van der Waals surface area contributed by atoms with Gasteiger partial charge in [-0.1, -0.05) is 12.5 Å². The average Bonchev–Trinajstić information content (AvgIpc) is 3.05. The Morgan fingerprint density at radius 1 is 1.22 bits per heavy atom. The molecule has 0 radical (unpaired) electrons. The molecule has 1 fully saturated rings. The Labute approximate surface area is 160 Å². The SMILES string of the molecule is CCNC(=NCc1ccc2c(c1)OCO2)NCCS(=O)(=O)NCC1CCC1. The molecule has 0 spiro atoms. The second-order valence-electron chi connectivity index (χ2n) is 6.77. The van der Waals surface area contributed by atoms with Crippen molar-refractivity contribution in [2.75, 3.05) is 32.2 Å². The molecule has 0 bridgehead atoms. The number of guanidine groups is 1. The molecule has 27 heavy (non-hydrogen) atoms. The van der Waals surface area contributed by atoms with Gasteiger partial charge in [-0.2, -0.15) is 0 Å². The summed E-state index contributed by atoms with van der Waals surface area (Å²) in [4.78, 5) is 4.51. The highest BCUT2D eigenvalue weighted by molar-refractivity contribution is 7.89. The van der Waals surface area contributed by atoms with Gasteiger partial charge in [-0.3, -0.25) is 0 Å². The second kappa shape index (κ2) is 9.27. The lowest BCUT2D eigenvalue weighted by atomic mass is 9.86. The molecule has 9 heteroatoms. The van der Waals surface area contributed by atoms with Crippen molar-refractivity contribution in [3.63, 3.8) is 0 Å². The third-order valence-corrected chi connectivity index (χ3v) is 6.03. The van der Waals surface area contributed by atoms with Crippen LogP contribution in [-0.4, -0.2) is 46.6 Å². The first-order valence-corrected chi connectivity index (χ1v) is 11.1. The predicted octanol–water partition coefficient (Wildman–Crippen LogP) is 1.19. The molecule has 8 nitrogen and oxygen atoms in total. The third kappa shape index (κ3) is 6.00. The molecule has 1 aliphatic carbocycles. The van der Waals surface area contributed by atoms with Gasteiger partial charge >= 0.3 is 0 Å². The summed E-state index contributed by atoms with van der Waals surface area (Å²) in [6.45, 7) is 4.22. The molecule has 0 unspecified atom stereocenters. The largest absolute Gasteiger partial charge is 0.454 e. The summed E-state index contributed by atoms with van der Waals surface area (Å²) >= 11 is 0. The van der Waals surface area contributed by atoms with Crippen molar-refractivity contribution in [1.82, 2.24) is 15.4 Å². The van der Waals surface area contributed by atoms with Crippen molar-refractivity contribution in [3.05, 3.63) is 23.8 Å². The fourth-order valence-corrected chi connectivity index (χ4v) is 3.87. The van der Waals surface area contributed by atoms with Gasteiger partial charge in [0.05, 0.1) is 12.3 Å². The van der Waals surface area contributed by atoms with Crippen LogP contribution in [0.15, 0.2) is 23.2 Å². The minimum absolute atomic E-state index is 0.0220. The number of hydrogen-bond acceptors (Lipinski definition) is 5. The van der Waals surface area contributed by atoms with Crippen molar-refractivity contribution in [2.45, 2.75) is 32.7 Å². The highest BCUT2D eigenvalue weighted by atomic mass is 32.2. The maximum absolute atomic E-state index is 12.1. The third-order valence-electron chi connectivity index (χ3n) is 4.68. The number of aliphatic imine (C=N–C) groups is 1. The summed E-state index contributed by atoms with van der Waals surface area (Å²) in [5.74, 6) is 2.59. The van der Waals surface area contributed by atoms with Crippen LogP contribution in [0.25, 0.3) is 0 Å². The van der Waals surface area contributed by atoms with Gasteiger partial charge in [0.25, 0.3) is 0 Å². The van der Waals surface area contributed by atoms with E-state index in [9.17, 15) is 8.42 Å². The number of benzene rings is 1. The number of fused-ring (bicyclic) bond motifs is 1. The van der Waals surface area contributed by atoms with Crippen LogP contribution < -0.4 is 24.8 Å². The normalized spacial score (nSPS) is 16.9. The van der Waals surface area contributed by atoms with Crippen LogP contribution in [0, 0.1) is 5.92 Å². The van der Waals surface area contributed by atoms with E-state index < -0.39 is 10.0 Å². The zero-order valence-corrected chi connectivity index (χ0v) is 16.5. The second-order valence-corrected chi connectivity index (χ2v) is 8.70. The molecular weight excluding hydrogens is 368 g/mol. The molecule has 0 atom stereocenters. The number of hydrogen-bond donors (Lipinski definition) is 3. The summed E-state index contributed by atoms with van der Waals surface area (Å²) in [7, 11) is -3.26. The highest BCUT2D eigenvalue weighted by Gasteiger charge is 2.20. The van der Waals surface area contributed by atoms with E-state index in [1.807, 2.05) is 25.1 Å². The van der Waals surface area contributed by atoms with E-state index in [1.165, 1.54) is 6.42 Å². The van der Waals surface area contributed by atoms with Crippen molar-refractivity contribution in [3.8, 4) is 11.5 Å². The molecule has 2 aliphatic rings. The lowest BCUT2D eigenvalue weighted by Gasteiger charge is -2.25. The minimum Gasteiger partial charge on any atom is -0.454 e. The molecule has 1 saturated carbocycles. The maximum atomic E-state index is 12.1. The fourth-order valence-electron chi connectivity index (χ4n) is 2.87. The molecule has 1 heterocycles. The zero-order chi connectivity index (χ0) is 19.1. The van der Waals surface area contributed by atoms with E-state index in [1.54, 1.807) is 0 Å². The van der Waals surface area contributed by atoms with Crippen molar-refractivity contribution < 1.29 is 17.9 Å². The van der Waals surface area contributed by atoms with Crippen LogP contribution in [0.5, 0.6) is 11.5 Å². The standard InChI is InChI=1S/C18H28N4O4S/c1-2-19-18(20-8-9-27(23,24)22-12-14-4-3-5-14)21-11-15-6-7-16-17(10-15)26-13-25-16/h6-7,10,14,22H,2-5,8-9,11-13H2,1H3,(H2,19,20,21). The Morgan fingerprint density at radius 2 is 2.04 bits per heavy atom. The summed E-state index contributed by atoms with van der Waals surface area (Å²) in [6, 6.07) is 5.72. The molecule has 1 aromatic carbocycles. The summed E-state index contributed by atoms with van der Waals surface area (Å²) in [6.07, 6.45) is 3.45. The lowest BCUT2D eigenvalue weighted by Crippen LogP contribution is -2.42. The first kappa shape index (κ1) is 19.8. The van der Waals surface area contributed by atoms with E-state index in [-0.39, 0.29) is 12.5 Å². The predicted molar refractivity (Wildman–Crippen MR) is 105 cm³/mol. The van der Waals surface area contributed by atoms with Gasteiger partial charge in [0.15, 0.2) is 17.5 Å². The molecule has 1 aliphatic heterocycles. The van der Waals surface area contributed by atoms with Gasteiger partial charge in [-0.25, -0.2) is 18.1 Å². The molecular formula is C18H28N4O4S. The maximum Gasteiger partial charge on any atom is 0.231 e. The summed E-state index contributed by atoms with van der Waals surface area (Å²) < 4.78 is 37.5. The molecule has 0 saturated heterocycles. The van der Waals surface area contributed by atoms with Crippen LogP contribution in [0.3, 0.4) is 0 Å². The van der Waals surface area contributed by atoms with Gasteiger partial charge in [0.2, 0.25) is 16.8 Å². The monoisotopic (exact) mass is 396 g/mol. The summed E-state index contributed by atoms with van der Waals surface area (Å²) in [5.41, 5.74) is 0.992. The minimum atomic E-state index is -3.26. The van der Waals surface area contributed by atoms with Gasteiger partial charge < -0.3 is 20.1 Å². The fraction of sp³-hybridized carbons (Fsp3) is 0.611. The number of nitrogens with zero attached hydrogens (tertiary/aromatic N) is 1. The van der Waals surface area contributed by atoms with Crippen LogP contribution in [-0.2, 0) is 16.6 Å². The van der Waals surface area contributed by atoms with Gasteiger partial charge in [-0.05, 0) is 43.4 Å². The van der Waals surface area contributed by atoms with Crippen LogP contribution >= 0.6 is 0 Å². The smallest absolute Gasteiger partial charge is 0.231 e. The van der Waals surface area contributed by atoms with E-state index in [0.717, 1.165) is 29.9 Å². The average molecular weight is 397 g/mol. The molecule has 150 valence electrons. The molecule has 0 aromatic heterocycles. The molecule has 3 rings (SSSR count). The summed E-state index contributed by atoms with van der Waals surface area (Å²) in [5, 5.41) is 6.21. The number of sulfonamides is 1. The Balaban J connectivity index is 1.47.